The first-order valence-corrected chi connectivity index (χ1v) is 11.6. The predicted octanol–water partition coefficient (Wildman–Crippen LogP) is 4.67. The van der Waals surface area contributed by atoms with E-state index in [0.717, 1.165) is 44.2 Å². The van der Waals surface area contributed by atoms with E-state index in [2.05, 4.69) is 30.5 Å². The van der Waals surface area contributed by atoms with E-state index in [1.54, 1.807) is 0 Å². The number of ketones is 1. The minimum Gasteiger partial charge on any atom is -0.411 e. The number of carbonyl (C=O) groups is 1. The van der Waals surface area contributed by atoms with Crippen LogP contribution in [-0.2, 0) is 4.79 Å². The average Bonchev–Trinajstić information content (AvgIpc) is 3.30. The molecule has 7 atom stereocenters. The van der Waals surface area contributed by atoms with Crippen LogP contribution in [0.2, 0.25) is 0 Å². The summed E-state index contributed by atoms with van der Waals surface area (Å²) in [6.45, 7) is 11.6. The smallest absolute Gasteiger partial charge is 0.139 e. The first kappa shape index (κ1) is 18.8. The molecule has 0 amide bonds. The zero-order chi connectivity index (χ0) is 19.7. The monoisotopic (exact) mass is 384 g/mol. The Labute approximate surface area is 169 Å². The van der Waals surface area contributed by atoms with Crippen LogP contribution in [0.25, 0.3) is 0 Å². The van der Waals surface area contributed by atoms with E-state index in [1.807, 2.05) is 0 Å². The molecule has 2 unspecified atom stereocenters. The topological polar surface area (TPSA) is 52.9 Å². The summed E-state index contributed by atoms with van der Waals surface area (Å²) in [6.07, 6.45) is 9.65. The maximum absolute atomic E-state index is 12.7. The second-order valence-corrected chi connectivity index (χ2v) is 10.9. The molecule has 1 N–H and O–H groups in total. The first-order valence-electron chi connectivity index (χ1n) is 11.6. The quantitative estimate of drug-likeness (QED) is 0.406. The van der Waals surface area contributed by atoms with Crippen molar-refractivity contribution in [2.24, 2.45) is 39.7 Å². The third-order valence-electron chi connectivity index (χ3n) is 9.97. The molecule has 1 aliphatic heterocycles. The fourth-order valence-corrected chi connectivity index (χ4v) is 8.37. The van der Waals surface area contributed by atoms with Crippen LogP contribution < -0.4 is 0 Å². The van der Waals surface area contributed by atoms with Crippen LogP contribution in [-0.4, -0.2) is 40.7 Å². The molecule has 0 aromatic rings. The van der Waals surface area contributed by atoms with Gasteiger partial charge in [0.15, 0.2) is 0 Å². The lowest BCUT2D eigenvalue weighted by molar-refractivity contribution is -0.132. The summed E-state index contributed by atoms with van der Waals surface area (Å²) in [6, 6.07) is 0.502. The Bertz CT molecular complexity index is 724. The molecule has 0 radical (unpaired) electrons. The third kappa shape index (κ3) is 2.39. The molecule has 0 spiro atoms. The van der Waals surface area contributed by atoms with Gasteiger partial charge in [-0.2, -0.15) is 0 Å². The Kier molecular flexibility index (Phi) is 4.32. The van der Waals surface area contributed by atoms with Gasteiger partial charge in [-0.15, -0.1) is 0 Å². The van der Waals surface area contributed by atoms with Crippen LogP contribution in [0.5, 0.6) is 0 Å². The molecule has 4 aliphatic carbocycles. The minimum absolute atomic E-state index is 0.0854. The maximum Gasteiger partial charge on any atom is 0.139 e. The van der Waals surface area contributed by atoms with Crippen molar-refractivity contribution >= 4 is 11.5 Å². The second kappa shape index (κ2) is 6.42. The molecular weight excluding hydrogens is 348 g/mol. The normalized spacial score (nSPS) is 50.5. The van der Waals surface area contributed by atoms with Crippen LogP contribution in [0.15, 0.2) is 17.3 Å². The number of fused-ring (bicyclic) bond motifs is 5. The number of oxime groups is 1. The highest BCUT2D eigenvalue weighted by Crippen LogP contribution is 2.66. The molecule has 5 rings (SSSR count). The summed E-state index contributed by atoms with van der Waals surface area (Å²) in [5, 5.41) is 14.0. The van der Waals surface area contributed by atoms with Gasteiger partial charge in [0, 0.05) is 29.7 Å². The minimum atomic E-state index is -0.117. The van der Waals surface area contributed by atoms with Crippen LogP contribution in [0, 0.1) is 34.5 Å². The molecule has 28 heavy (non-hydrogen) atoms. The summed E-state index contributed by atoms with van der Waals surface area (Å²) in [5.74, 6) is 2.45. The van der Waals surface area contributed by atoms with Crippen LogP contribution in [0.3, 0.4) is 0 Å². The Hall–Kier alpha value is -1.16. The van der Waals surface area contributed by atoms with Gasteiger partial charge < -0.3 is 5.21 Å². The Morgan fingerprint density at radius 2 is 1.89 bits per heavy atom. The van der Waals surface area contributed by atoms with E-state index in [1.165, 1.54) is 37.9 Å². The van der Waals surface area contributed by atoms with E-state index in [9.17, 15) is 10.0 Å². The summed E-state index contributed by atoms with van der Waals surface area (Å²) in [7, 11) is 0. The molecule has 5 aliphatic rings. The van der Waals surface area contributed by atoms with Crippen molar-refractivity contribution in [2.75, 3.05) is 13.1 Å². The zero-order valence-electron chi connectivity index (χ0n) is 17.6. The lowest BCUT2D eigenvalue weighted by atomic mass is 9.43. The number of nitrogens with zero attached hydrogens (tertiary/aromatic N) is 2. The van der Waals surface area contributed by atoms with E-state index < -0.39 is 0 Å². The summed E-state index contributed by atoms with van der Waals surface area (Å²) in [4.78, 5) is 15.3. The van der Waals surface area contributed by atoms with E-state index in [0.29, 0.717) is 35.5 Å². The van der Waals surface area contributed by atoms with Gasteiger partial charge in [-0.1, -0.05) is 31.2 Å². The SMILES string of the molecule is C=C1C[C@@H]2[C@@H](CC[C@]3(C)C(=O)CC[C@@H]23)[C@@]2(C)C(=NO)CC(N3CCCC3)CC12. The first-order chi connectivity index (χ1) is 13.4. The van der Waals surface area contributed by atoms with Crippen LogP contribution in [0.1, 0.15) is 71.6 Å². The average molecular weight is 385 g/mol. The highest BCUT2D eigenvalue weighted by molar-refractivity contribution is 5.92. The molecule has 154 valence electrons. The van der Waals surface area contributed by atoms with Gasteiger partial charge in [0.1, 0.15) is 5.78 Å². The van der Waals surface area contributed by atoms with Crippen molar-refractivity contribution in [3.63, 3.8) is 0 Å². The molecule has 0 bridgehead atoms. The van der Waals surface area contributed by atoms with Gasteiger partial charge in [0.05, 0.1) is 5.71 Å². The molecular formula is C24H36N2O2. The van der Waals surface area contributed by atoms with Crippen molar-refractivity contribution in [3.8, 4) is 0 Å². The third-order valence-corrected chi connectivity index (χ3v) is 9.97. The molecule has 4 nitrogen and oxygen atoms in total. The standard InChI is InChI=1S/C24H36N2O2/c1-15-12-17-18-6-7-22(27)23(18,2)9-8-19(17)24(3)20(15)13-16(14-21(24)25-28)26-10-4-5-11-26/h16-20,28H,1,4-14H2,2-3H3/t16?,17-,18-,19+,20?,23-,24+/m0/s1. The second-order valence-electron chi connectivity index (χ2n) is 10.9. The summed E-state index contributed by atoms with van der Waals surface area (Å²) >= 11 is 0. The number of Topliss-reactive ketones (excluding diaryl/α,β-unsaturated/α-hetero) is 1. The van der Waals surface area contributed by atoms with Crippen LogP contribution in [0.4, 0.5) is 0 Å². The summed E-state index contributed by atoms with van der Waals surface area (Å²) < 4.78 is 0. The lowest BCUT2D eigenvalue weighted by Gasteiger charge is -2.61. The van der Waals surface area contributed by atoms with Gasteiger partial charge in [0.25, 0.3) is 0 Å². The number of carbonyl (C=O) groups excluding carboxylic acids is 1. The van der Waals surface area contributed by atoms with Gasteiger partial charge >= 0.3 is 0 Å². The molecule has 1 saturated heterocycles. The maximum atomic E-state index is 12.7. The summed E-state index contributed by atoms with van der Waals surface area (Å²) in [5.41, 5.74) is 2.17. The molecule has 0 aromatic heterocycles. The van der Waals surface area contributed by atoms with Gasteiger partial charge in [0.2, 0.25) is 0 Å². The molecule has 0 aromatic carbocycles. The molecule has 4 saturated carbocycles. The van der Waals surface area contributed by atoms with Crippen molar-refractivity contribution in [1.29, 1.82) is 0 Å². The Morgan fingerprint density at radius 3 is 2.61 bits per heavy atom. The Morgan fingerprint density at radius 1 is 1.14 bits per heavy atom. The van der Waals surface area contributed by atoms with E-state index >= 15 is 0 Å². The van der Waals surface area contributed by atoms with Crippen molar-refractivity contribution in [3.05, 3.63) is 12.2 Å². The van der Waals surface area contributed by atoms with Gasteiger partial charge in [-0.05, 0) is 81.7 Å². The Balaban J connectivity index is 1.49. The zero-order valence-corrected chi connectivity index (χ0v) is 17.6. The highest BCUT2D eigenvalue weighted by Gasteiger charge is 2.63. The van der Waals surface area contributed by atoms with Gasteiger partial charge in [-0.3, -0.25) is 9.69 Å². The van der Waals surface area contributed by atoms with Crippen molar-refractivity contribution in [1.82, 2.24) is 4.90 Å². The highest BCUT2D eigenvalue weighted by atomic mass is 16.4. The van der Waals surface area contributed by atoms with Crippen molar-refractivity contribution < 1.29 is 10.0 Å². The van der Waals surface area contributed by atoms with E-state index in [4.69, 9.17) is 0 Å². The number of allylic oxidation sites excluding steroid dienone is 1. The number of hydrogen-bond donors (Lipinski definition) is 1. The van der Waals surface area contributed by atoms with Gasteiger partial charge in [-0.25, -0.2) is 0 Å². The van der Waals surface area contributed by atoms with E-state index in [-0.39, 0.29) is 10.8 Å². The number of rotatable bonds is 1. The molecule has 5 fully saturated rings. The molecule has 4 heteroatoms. The predicted molar refractivity (Wildman–Crippen MR) is 110 cm³/mol. The number of likely N-dealkylation sites (tertiary alicyclic amines) is 1. The van der Waals surface area contributed by atoms with Crippen molar-refractivity contribution in [2.45, 2.75) is 77.7 Å². The van der Waals surface area contributed by atoms with Crippen LogP contribution >= 0.6 is 0 Å². The fourth-order valence-electron chi connectivity index (χ4n) is 8.37. The fraction of sp³-hybridized carbons (Fsp3) is 0.833. The molecule has 1 heterocycles. The number of hydrogen-bond acceptors (Lipinski definition) is 4. The lowest BCUT2D eigenvalue weighted by Crippen LogP contribution is -2.59. The largest absolute Gasteiger partial charge is 0.411 e.